The molecule has 2 atom stereocenters. The maximum absolute atomic E-state index is 12.7. The van der Waals surface area contributed by atoms with Gasteiger partial charge in [-0.15, -0.1) is 0 Å². The summed E-state index contributed by atoms with van der Waals surface area (Å²) in [6.07, 6.45) is 0.105. The number of aromatic nitrogens is 1. The zero-order valence-electron chi connectivity index (χ0n) is 13.2. The highest BCUT2D eigenvalue weighted by Gasteiger charge is 2.49. The van der Waals surface area contributed by atoms with Crippen molar-refractivity contribution in [2.24, 2.45) is 5.92 Å². The minimum absolute atomic E-state index is 0.105. The maximum Gasteiger partial charge on any atom is 0.326 e. The Hall–Kier alpha value is -2.76. The number of benzene rings is 1. The molecule has 0 unspecified atom stereocenters. The van der Waals surface area contributed by atoms with E-state index in [-0.39, 0.29) is 24.9 Å². The highest BCUT2D eigenvalue weighted by molar-refractivity contribution is 6.18. The third-order valence-electron chi connectivity index (χ3n) is 4.64. The number of Topliss-reactive ketones (excluding diaryl/α,β-unsaturated/α-hetero) is 1. The summed E-state index contributed by atoms with van der Waals surface area (Å²) in [5.74, 6) is -2.94. The van der Waals surface area contributed by atoms with Crippen molar-refractivity contribution in [3.05, 3.63) is 41.6 Å². The Morgan fingerprint density at radius 3 is 2.92 bits per heavy atom. The van der Waals surface area contributed by atoms with Crippen LogP contribution in [-0.4, -0.2) is 34.2 Å². The van der Waals surface area contributed by atoms with E-state index in [2.05, 4.69) is 4.98 Å². The fourth-order valence-electron chi connectivity index (χ4n) is 3.54. The van der Waals surface area contributed by atoms with Gasteiger partial charge in [0.05, 0.1) is 23.9 Å². The summed E-state index contributed by atoms with van der Waals surface area (Å²) in [4.78, 5) is 43.2. The van der Waals surface area contributed by atoms with Gasteiger partial charge in [-0.25, -0.2) is 0 Å². The van der Waals surface area contributed by atoms with Gasteiger partial charge in [-0.3, -0.25) is 19.4 Å². The van der Waals surface area contributed by atoms with Crippen LogP contribution in [0, 0.1) is 5.92 Å². The Bertz CT molecular complexity index is 876. The Morgan fingerprint density at radius 1 is 1.33 bits per heavy atom. The summed E-state index contributed by atoms with van der Waals surface area (Å²) in [7, 11) is 0. The Morgan fingerprint density at radius 2 is 2.12 bits per heavy atom. The van der Waals surface area contributed by atoms with Gasteiger partial charge in [-0.2, -0.15) is 0 Å². The van der Waals surface area contributed by atoms with Gasteiger partial charge in [0.25, 0.3) is 0 Å². The molecular formula is C18H16N2O4. The Kier molecular flexibility index (Phi) is 3.33. The first-order chi connectivity index (χ1) is 11.6. The predicted octanol–water partition coefficient (Wildman–Crippen LogP) is 1.77. The number of hydrogen-bond donors (Lipinski definition) is 0. The number of carbonyl (C=O) groups excluding carboxylic acids is 3. The van der Waals surface area contributed by atoms with Gasteiger partial charge in [0.1, 0.15) is 0 Å². The first-order valence-electron chi connectivity index (χ1n) is 7.98. The van der Waals surface area contributed by atoms with Crippen LogP contribution in [-0.2, 0) is 25.7 Å². The number of ketones is 1. The number of esters is 1. The molecule has 1 aromatic carbocycles. The van der Waals surface area contributed by atoms with Crippen LogP contribution in [0.1, 0.15) is 30.6 Å². The normalized spacial score (nSPS) is 22.5. The molecule has 6 heteroatoms. The molecule has 2 aromatic rings. The standard InChI is InChI=1S/C18H16N2O4/c1-2-24-18(23)15-14(21)8-13-16-11(9-20(13)17(15)22)7-10-5-3-4-6-12(10)19-16/h3-7,13,15H,2,8-9H2,1H3/t13-,15-/m0/s1. The van der Waals surface area contributed by atoms with Crippen molar-refractivity contribution in [1.82, 2.24) is 9.88 Å². The Balaban J connectivity index is 1.72. The second kappa shape index (κ2) is 5.40. The molecular weight excluding hydrogens is 308 g/mol. The number of ether oxygens (including phenoxy) is 1. The predicted molar refractivity (Wildman–Crippen MR) is 84.8 cm³/mol. The van der Waals surface area contributed by atoms with Crippen molar-refractivity contribution in [2.75, 3.05) is 6.61 Å². The molecule has 1 aromatic heterocycles. The largest absolute Gasteiger partial charge is 0.465 e. The average molecular weight is 324 g/mol. The van der Waals surface area contributed by atoms with Crippen LogP contribution in [0.4, 0.5) is 0 Å². The average Bonchev–Trinajstić information content (AvgIpc) is 2.91. The fraction of sp³-hybridized carbons (Fsp3) is 0.333. The number of carbonyl (C=O) groups is 3. The number of nitrogens with zero attached hydrogens (tertiary/aromatic N) is 2. The molecule has 122 valence electrons. The summed E-state index contributed by atoms with van der Waals surface area (Å²) >= 11 is 0. The number of hydrogen-bond acceptors (Lipinski definition) is 5. The number of rotatable bonds is 2. The zero-order chi connectivity index (χ0) is 16.8. The molecule has 0 spiro atoms. The van der Waals surface area contributed by atoms with Gasteiger partial charge in [-0.1, -0.05) is 18.2 Å². The number of amides is 1. The van der Waals surface area contributed by atoms with E-state index >= 15 is 0 Å². The minimum Gasteiger partial charge on any atom is -0.465 e. The quantitative estimate of drug-likeness (QED) is 0.621. The summed E-state index contributed by atoms with van der Waals surface area (Å²) in [5.41, 5.74) is 2.53. The molecule has 1 amide bonds. The van der Waals surface area contributed by atoms with E-state index in [0.717, 1.165) is 22.2 Å². The molecule has 3 heterocycles. The Labute approximate surface area is 138 Å². The summed E-state index contributed by atoms with van der Waals surface area (Å²) in [5, 5.41) is 0.997. The van der Waals surface area contributed by atoms with Crippen molar-refractivity contribution >= 4 is 28.6 Å². The third-order valence-corrected chi connectivity index (χ3v) is 4.64. The minimum atomic E-state index is -1.33. The van der Waals surface area contributed by atoms with Crippen molar-refractivity contribution in [2.45, 2.75) is 25.9 Å². The van der Waals surface area contributed by atoms with Crippen molar-refractivity contribution in [3.63, 3.8) is 0 Å². The van der Waals surface area contributed by atoms with Crippen LogP contribution >= 0.6 is 0 Å². The van der Waals surface area contributed by atoms with E-state index in [9.17, 15) is 14.4 Å². The molecule has 0 radical (unpaired) electrons. The maximum atomic E-state index is 12.7. The van der Waals surface area contributed by atoms with Gasteiger partial charge < -0.3 is 9.64 Å². The van der Waals surface area contributed by atoms with E-state index < -0.39 is 17.8 Å². The first kappa shape index (κ1) is 14.8. The lowest BCUT2D eigenvalue weighted by Crippen LogP contribution is -2.48. The molecule has 1 fully saturated rings. The smallest absolute Gasteiger partial charge is 0.326 e. The fourth-order valence-corrected chi connectivity index (χ4v) is 3.54. The number of piperidine rings is 1. The molecule has 2 aliphatic rings. The van der Waals surface area contributed by atoms with Crippen LogP contribution in [0.2, 0.25) is 0 Å². The topological polar surface area (TPSA) is 76.6 Å². The second-order valence-electron chi connectivity index (χ2n) is 6.06. The van der Waals surface area contributed by atoms with Gasteiger partial charge in [0.2, 0.25) is 5.91 Å². The lowest BCUT2D eigenvalue weighted by atomic mass is 9.90. The van der Waals surface area contributed by atoms with Crippen LogP contribution in [0.5, 0.6) is 0 Å². The number of pyridine rings is 1. The molecule has 0 aliphatic carbocycles. The van der Waals surface area contributed by atoms with Gasteiger partial charge >= 0.3 is 5.97 Å². The van der Waals surface area contributed by atoms with Crippen LogP contribution in [0.25, 0.3) is 10.9 Å². The molecule has 4 rings (SSSR count). The van der Waals surface area contributed by atoms with Gasteiger partial charge in [0, 0.05) is 18.4 Å². The highest BCUT2D eigenvalue weighted by Crippen LogP contribution is 2.41. The molecule has 24 heavy (non-hydrogen) atoms. The lowest BCUT2D eigenvalue weighted by molar-refractivity contribution is -0.163. The van der Waals surface area contributed by atoms with Gasteiger partial charge in [-0.05, 0) is 24.6 Å². The highest BCUT2D eigenvalue weighted by atomic mass is 16.5. The van der Waals surface area contributed by atoms with Gasteiger partial charge in [0.15, 0.2) is 11.7 Å². The SMILES string of the molecule is CCOC(=O)[C@H]1C(=O)C[C@H]2c3nc4ccccc4cc3CN2C1=O. The van der Waals surface area contributed by atoms with E-state index in [1.54, 1.807) is 11.8 Å². The summed E-state index contributed by atoms with van der Waals surface area (Å²) < 4.78 is 4.89. The van der Waals surface area contributed by atoms with Crippen molar-refractivity contribution in [3.8, 4) is 0 Å². The number of para-hydroxylation sites is 1. The monoisotopic (exact) mass is 324 g/mol. The van der Waals surface area contributed by atoms with Crippen molar-refractivity contribution in [1.29, 1.82) is 0 Å². The van der Waals surface area contributed by atoms with E-state index in [0.29, 0.717) is 6.54 Å². The van der Waals surface area contributed by atoms with Crippen LogP contribution < -0.4 is 0 Å². The third kappa shape index (κ3) is 2.10. The van der Waals surface area contributed by atoms with Crippen LogP contribution in [0.3, 0.4) is 0 Å². The van der Waals surface area contributed by atoms with E-state index in [1.165, 1.54) is 0 Å². The summed E-state index contributed by atoms with van der Waals surface area (Å²) in [6.45, 7) is 2.17. The number of fused-ring (bicyclic) bond motifs is 4. The van der Waals surface area contributed by atoms with E-state index in [1.807, 2.05) is 30.3 Å². The lowest BCUT2D eigenvalue weighted by Gasteiger charge is -2.32. The molecule has 2 aliphatic heterocycles. The van der Waals surface area contributed by atoms with Crippen molar-refractivity contribution < 1.29 is 19.1 Å². The summed E-state index contributed by atoms with van der Waals surface area (Å²) in [6, 6.07) is 9.34. The van der Waals surface area contributed by atoms with E-state index in [4.69, 9.17) is 4.74 Å². The molecule has 0 N–H and O–H groups in total. The first-order valence-corrected chi connectivity index (χ1v) is 7.98. The molecule has 1 saturated heterocycles. The molecule has 6 nitrogen and oxygen atoms in total. The zero-order valence-corrected chi connectivity index (χ0v) is 13.2. The second-order valence-corrected chi connectivity index (χ2v) is 6.06. The molecule has 0 bridgehead atoms. The molecule has 0 saturated carbocycles. The van der Waals surface area contributed by atoms with Crippen LogP contribution in [0.15, 0.2) is 30.3 Å².